The smallest absolute Gasteiger partial charge is 0.247 e. The lowest BCUT2D eigenvalue weighted by Gasteiger charge is -2.24. The maximum absolute atomic E-state index is 12.8. The Morgan fingerprint density at radius 2 is 2.00 bits per heavy atom. The van der Waals surface area contributed by atoms with Gasteiger partial charge in [-0.05, 0) is 30.5 Å². The van der Waals surface area contributed by atoms with E-state index in [-0.39, 0.29) is 11.8 Å². The second kappa shape index (κ2) is 8.08. The number of benzene rings is 2. The summed E-state index contributed by atoms with van der Waals surface area (Å²) in [6.07, 6.45) is 4.81. The number of carbonyl (C=O) groups excluding carboxylic acids is 2. The summed E-state index contributed by atoms with van der Waals surface area (Å²) in [6, 6.07) is 16.6. The lowest BCUT2D eigenvalue weighted by Crippen LogP contribution is -2.43. The molecule has 2 aromatic carbocycles. The molecule has 1 aromatic heterocycles. The Labute approximate surface area is 163 Å². The van der Waals surface area contributed by atoms with Gasteiger partial charge in [-0.2, -0.15) is 0 Å². The quantitative estimate of drug-likeness (QED) is 0.740. The zero-order valence-corrected chi connectivity index (χ0v) is 15.4. The molecule has 1 aliphatic rings. The van der Waals surface area contributed by atoms with Gasteiger partial charge >= 0.3 is 0 Å². The van der Waals surface area contributed by atoms with E-state index in [1.54, 1.807) is 11.1 Å². The number of hydrogen-bond acceptors (Lipinski definition) is 4. The molecule has 0 spiro atoms. The van der Waals surface area contributed by atoms with Crippen molar-refractivity contribution in [1.82, 2.24) is 9.88 Å². The predicted molar refractivity (Wildman–Crippen MR) is 105 cm³/mol. The van der Waals surface area contributed by atoms with Crippen LogP contribution in [0.1, 0.15) is 18.4 Å². The summed E-state index contributed by atoms with van der Waals surface area (Å²) in [7, 11) is 0. The SMILES string of the molecule is O=C(Nc1cccc(-c2cnco2)c1)C1CCCN1C(=O)Cc1ccccc1. The van der Waals surface area contributed by atoms with Gasteiger partial charge < -0.3 is 14.6 Å². The van der Waals surface area contributed by atoms with Crippen molar-refractivity contribution in [1.29, 1.82) is 0 Å². The molecule has 1 fully saturated rings. The normalized spacial score (nSPS) is 16.1. The number of hydrogen-bond donors (Lipinski definition) is 1. The van der Waals surface area contributed by atoms with Crippen molar-refractivity contribution < 1.29 is 14.0 Å². The highest BCUT2D eigenvalue weighted by Crippen LogP contribution is 2.24. The van der Waals surface area contributed by atoms with Gasteiger partial charge in [0.15, 0.2) is 12.2 Å². The largest absolute Gasteiger partial charge is 0.444 e. The molecule has 4 rings (SSSR count). The van der Waals surface area contributed by atoms with E-state index in [1.165, 1.54) is 6.39 Å². The van der Waals surface area contributed by atoms with Gasteiger partial charge in [0.1, 0.15) is 6.04 Å². The molecule has 6 heteroatoms. The molecular formula is C22H21N3O3. The molecule has 1 aliphatic heterocycles. The molecular weight excluding hydrogens is 354 g/mol. The van der Waals surface area contributed by atoms with Crippen molar-refractivity contribution in [3.63, 3.8) is 0 Å². The van der Waals surface area contributed by atoms with Crippen molar-refractivity contribution in [2.75, 3.05) is 11.9 Å². The van der Waals surface area contributed by atoms with Gasteiger partial charge in [-0.1, -0.05) is 42.5 Å². The molecule has 0 aliphatic carbocycles. The van der Waals surface area contributed by atoms with E-state index in [9.17, 15) is 9.59 Å². The Morgan fingerprint density at radius 3 is 2.79 bits per heavy atom. The van der Waals surface area contributed by atoms with Crippen molar-refractivity contribution in [2.24, 2.45) is 0 Å². The number of anilines is 1. The number of amides is 2. The van der Waals surface area contributed by atoms with Crippen LogP contribution >= 0.6 is 0 Å². The van der Waals surface area contributed by atoms with Crippen LogP contribution < -0.4 is 5.32 Å². The Balaban J connectivity index is 1.44. The number of aromatic nitrogens is 1. The highest BCUT2D eigenvalue weighted by atomic mass is 16.3. The fourth-order valence-corrected chi connectivity index (χ4v) is 3.54. The Hall–Kier alpha value is -3.41. The third kappa shape index (κ3) is 3.96. The van der Waals surface area contributed by atoms with E-state index in [0.717, 1.165) is 17.5 Å². The molecule has 0 bridgehead atoms. The second-order valence-electron chi connectivity index (χ2n) is 6.84. The van der Waals surface area contributed by atoms with E-state index < -0.39 is 6.04 Å². The van der Waals surface area contributed by atoms with E-state index in [1.807, 2.05) is 54.6 Å². The lowest BCUT2D eigenvalue weighted by atomic mass is 10.1. The number of carbonyl (C=O) groups is 2. The zero-order valence-electron chi connectivity index (χ0n) is 15.4. The zero-order chi connectivity index (χ0) is 19.3. The van der Waals surface area contributed by atoms with Crippen LogP contribution in [0.15, 0.2) is 71.6 Å². The van der Waals surface area contributed by atoms with Crippen molar-refractivity contribution in [3.05, 3.63) is 72.8 Å². The first-order chi connectivity index (χ1) is 13.7. The minimum absolute atomic E-state index is 0.0146. The minimum Gasteiger partial charge on any atom is -0.444 e. The average molecular weight is 375 g/mol. The van der Waals surface area contributed by atoms with Crippen LogP contribution in [0.3, 0.4) is 0 Å². The van der Waals surface area contributed by atoms with E-state index >= 15 is 0 Å². The highest BCUT2D eigenvalue weighted by Gasteiger charge is 2.33. The first-order valence-electron chi connectivity index (χ1n) is 9.34. The number of oxazole rings is 1. The maximum atomic E-state index is 12.8. The first kappa shape index (κ1) is 18.0. The van der Waals surface area contributed by atoms with Gasteiger partial charge in [0.25, 0.3) is 0 Å². The summed E-state index contributed by atoms with van der Waals surface area (Å²) in [5.74, 6) is 0.463. The fourth-order valence-electron chi connectivity index (χ4n) is 3.54. The first-order valence-corrected chi connectivity index (χ1v) is 9.34. The predicted octanol–water partition coefficient (Wildman–Crippen LogP) is 3.51. The van der Waals surface area contributed by atoms with Gasteiger partial charge in [0, 0.05) is 17.8 Å². The van der Waals surface area contributed by atoms with Crippen molar-refractivity contribution in [2.45, 2.75) is 25.3 Å². The summed E-state index contributed by atoms with van der Waals surface area (Å²) in [4.78, 5) is 31.2. The lowest BCUT2D eigenvalue weighted by molar-refractivity contribution is -0.136. The molecule has 1 unspecified atom stereocenters. The van der Waals surface area contributed by atoms with Crippen LogP contribution in [-0.4, -0.2) is 34.3 Å². The molecule has 2 heterocycles. The molecule has 1 atom stereocenters. The van der Waals surface area contributed by atoms with Crippen LogP contribution in [0.2, 0.25) is 0 Å². The Bertz CT molecular complexity index is 954. The molecule has 0 radical (unpaired) electrons. The topological polar surface area (TPSA) is 75.4 Å². The Kier molecular flexibility index (Phi) is 5.19. The highest BCUT2D eigenvalue weighted by molar-refractivity contribution is 5.98. The van der Waals surface area contributed by atoms with Gasteiger partial charge in [0.05, 0.1) is 12.6 Å². The van der Waals surface area contributed by atoms with Crippen LogP contribution in [0.25, 0.3) is 11.3 Å². The number of nitrogens with one attached hydrogen (secondary N) is 1. The average Bonchev–Trinajstić information content (AvgIpc) is 3.41. The third-order valence-electron chi connectivity index (χ3n) is 4.92. The van der Waals surface area contributed by atoms with Gasteiger partial charge in [0.2, 0.25) is 11.8 Å². The third-order valence-corrected chi connectivity index (χ3v) is 4.92. The van der Waals surface area contributed by atoms with Crippen LogP contribution in [0.4, 0.5) is 5.69 Å². The molecule has 28 heavy (non-hydrogen) atoms. The van der Waals surface area contributed by atoms with Gasteiger partial charge in [-0.3, -0.25) is 9.59 Å². The van der Waals surface area contributed by atoms with Crippen molar-refractivity contribution >= 4 is 17.5 Å². The molecule has 2 amide bonds. The maximum Gasteiger partial charge on any atom is 0.247 e. The molecule has 6 nitrogen and oxygen atoms in total. The summed E-state index contributed by atoms with van der Waals surface area (Å²) < 4.78 is 5.31. The molecule has 142 valence electrons. The Morgan fingerprint density at radius 1 is 1.14 bits per heavy atom. The second-order valence-corrected chi connectivity index (χ2v) is 6.84. The molecule has 1 N–H and O–H groups in total. The molecule has 0 saturated carbocycles. The minimum atomic E-state index is -0.440. The van der Waals surface area contributed by atoms with Crippen LogP contribution in [-0.2, 0) is 16.0 Å². The molecule has 1 saturated heterocycles. The number of nitrogens with zero attached hydrogens (tertiary/aromatic N) is 2. The summed E-state index contributed by atoms with van der Waals surface area (Å²) in [5.41, 5.74) is 2.46. The monoisotopic (exact) mass is 375 g/mol. The van der Waals surface area contributed by atoms with E-state index in [4.69, 9.17) is 4.42 Å². The standard InChI is InChI=1S/C22H21N3O3/c26-21(12-16-6-2-1-3-7-16)25-11-5-10-19(25)22(27)24-18-9-4-8-17(13-18)20-14-23-15-28-20/h1-4,6-9,13-15,19H,5,10-12H2,(H,24,27). The summed E-state index contributed by atoms with van der Waals surface area (Å²) in [5, 5.41) is 2.94. The summed E-state index contributed by atoms with van der Waals surface area (Å²) >= 11 is 0. The van der Waals surface area contributed by atoms with Crippen molar-refractivity contribution in [3.8, 4) is 11.3 Å². The number of rotatable bonds is 5. The fraction of sp³-hybridized carbons (Fsp3) is 0.227. The van der Waals surface area contributed by atoms with Gasteiger partial charge in [-0.25, -0.2) is 4.98 Å². The summed E-state index contributed by atoms with van der Waals surface area (Å²) in [6.45, 7) is 0.613. The van der Waals surface area contributed by atoms with E-state index in [2.05, 4.69) is 10.3 Å². The van der Waals surface area contributed by atoms with Crippen LogP contribution in [0, 0.1) is 0 Å². The van der Waals surface area contributed by atoms with E-state index in [0.29, 0.717) is 30.8 Å². The number of likely N-dealkylation sites (tertiary alicyclic amines) is 1. The van der Waals surface area contributed by atoms with Crippen LogP contribution in [0.5, 0.6) is 0 Å². The molecule has 3 aromatic rings. The van der Waals surface area contributed by atoms with Gasteiger partial charge in [-0.15, -0.1) is 0 Å².